The number of nitrogens with one attached hydrogen (secondary N) is 1. The fraction of sp³-hybridized carbons (Fsp3) is 0.583. The molecule has 0 spiro atoms. The second kappa shape index (κ2) is 7.20. The van der Waals surface area contributed by atoms with Gasteiger partial charge in [0, 0.05) is 20.1 Å². The summed E-state index contributed by atoms with van der Waals surface area (Å²) in [5.41, 5.74) is 0.480. The molecule has 0 saturated heterocycles. The van der Waals surface area contributed by atoms with Gasteiger partial charge in [0.1, 0.15) is 9.88 Å². The molecule has 1 amide bonds. The van der Waals surface area contributed by atoms with E-state index in [4.69, 9.17) is 9.84 Å². The number of methoxy groups -OCH3 is 1. The van der Waals surface area contributed by atoms with Gasteiger partial charge in [-0.2, -0.15) is 0 Å². The Balaban J connectivity index is 2.58. The Bertz CT molecular complexity index is 459. The molecule has 0 saturated carbocycles. The molecule has 0 bridgehead atoms. The molecule has 19 heavy (non-hydrogen) atoms. The maximum Gasteiger partial charge on any atom is 0.347 e. The van der Waals surface area contributed by atoms with Crippen molar-refractivity contribution in [3.8, 4) is 0 Å². The van der Waals surface area contributed by atoms with E-state index in [9.17, 15) is 9.59 Å². The highest BCUT2D eigenvalue weighted by atomic mass is 32.1. The average molecular weight is 286 g/mol. The fourth-order valence-electron chi connectivity index (χ4n) is 1.55. The molecule has 0 fully saturated rings. The van der Waals surface area contributed by atoms with Gasteiger partial charge < -0.3 is 15.2 Å². The number of rotatable bonds is 7. The lowest BCUT2D eigenvalue weighted by molar-refractivity contribution is -0.122. The lowest BCUT2D eigenvalue weighted by Crippen LogP contribution is -2.26. The van der Waals surface area contributed by atoms with Gasteiger partial charge in [-0.15, -0.1) is 11.3 Å². The molecule has 1 unspecified atom stereocenters. The third-order valence-electron chi connectivity index (χ3n) is 2.51. The van der Waals surface area contributed by atoms with E-state index in [1.807, 2.05) is 0 Å². The quantitative estimate of drug-likeness (QED) is 0.745. The summed E-state index contributed by atoms with van der Waals surface area (Å²) in [5.74, 6) is -1.07. The average Bonchev–Trinajstić information content (AvgIpc) is 2.72. The number of nitrogens with zero attached hydrogens (tertiary/aromatic N) is 1. The standard InChI is InChI=1S/C12H18N2O4S/c1-7-10(12(16)17)19-11(14-7)8(2)13-9(15)5-4-6-18-3/h8H,4-6H2,1-3H3,(H,13,15)(H,16,17). The molecule has 0 aliphatic rings. The highest BCUT2D eigenvalue weighted by Crippen LogP contribution is 2.23. The number of aromatic carboxylic acids is 1. The summed E-state index contributed by atoms with van der Waals surface area (Å²) in [6.07, 6.45) is 1.04. The van der Waals surface area contributed by atoms with Gasteiger partial charge in [-0.05, 0) is 20.3 Å². The number of aromatic nitrogens is 1. The second-order valence-electron chi connectivity index (χ2n) is 4.16. The van der Waals surface area contributed by atoms with Crippen LogP contribution in [0.3, 0.4) is 0 Å². The van der Waals surface area contributed by atoms with Crippen LogP contribution < -0.4 is 5.32 Å². The van der Waals surface area contributed by atoms with Crippen molar-refractivity contribution in [2.75, 3.05) is 13.7 Å². The molecule has 1 heterocycles. The van der Waals surface area contributed by atoms with Crippen LogP contribution in [0.15, 0.2) is 0 Å². The number of amides is 1. The third kappa shape index (κ3) is 4.60. The van der Waals surface area contributed by atoms with Crippen LogP contribution in [-0.4, -0.2) is 35.7 Å². The minimum absolute atomic E-state index is 0.0886. The number of hydrogen-bond donors (Lipinski definition) is 2. The predicted octanol–water partition coefficient (Wildman–Crippen LogP) is 1.75. The van der Waals surface area contributed by atoms with Gasteiger partial charge in [-0.25, -0.2) is 9.78 Å². The SMILES string of the molecule is COCCCC(=O)NC(C)c1nc(C)c(C(=O)O)s1. The summed E-state index contributed by atoms with van der Waals surface area (Å²) >= 11 is 1.10. The zero-order valence-electron chi connectivity index (χ0n) is 11.2. The zero-order chi connectivity index (χ0) is 14.4. The number of carbonyl (C=O) groups excluding carboxylic acids is 1. The van der Waals surface area contributed by atoms with Crippen LogP contribution in [0.4, 0.5) is 0 Å². The maximum atomic E-state index is 11.6. The van der Waals surface area contributed by atoms with Crippen molar-refractivity contribution < 1.29 is 19.4 Å². The molecule has 106 valence electrons. The van der Waals surface area contributed by atoms with Gasteiger partial charge in [-0.3, -0.25) is 4.79 Å². The van der Waals surface area contributed by atoms with Gasteiger partial charge in [0.2, 0.25) is 5.91 Å². The minimum Gasteiger partial charge on any atom is -0.477 e. The molecule has 0 aliphatic heterocycles. The van der Waals surface area contributed by atoms with Crippen LogP contribution in [0, 0.1) is 6.92 Å². The summed E-state index contributed by atoms with van der Waals surface area (Å²) in [7, 11) is 1.59. The number of carbonyl (C=O) groups is 2. The lowest BCUT2D eigenvalue weighted by atomic mass is 10.2. The van der Waals surface area contributed by atoms with Crippen LogP contribution in [0.5, 0.6) is 0 Å². The van der Waals surface area contributed by atoms with E-state index in [1.54, 1.807) is 21.0 Å². The van der Waals surface area contributed by atoms with Crippen molar-refractivity contribution in [2.45, 2.75) is 32.7 Å². The number of carboxylic acids is 1. The van der Waals surface area contributed by atoms with E-state index in [-0.39, 0.29) is 16.8 Å². The number of thiazole rings is 1. The predicted molar refractivity (Wildman–Crippen MR) is 71.5 cm³/mol. The van der Waals surface area contributed by atoms with Crippen molar-refractivity contribution in [3.63, 3.8) is 0 Å². The Morgan fingerprint density at radius 3 is 2.74 bits per heavy atom. The van der Waals surface area contributed by atoms with Crippen molar-refractivity contribution in [1.82, 2.24) is 10.3 Å². The number of hydrogen-bond acceptors (Lipinski definition) is 5. The molecule has 1 atom stereocenters. The Morgan fingerprint density at radius 2 is 2.21 bits per heavy atom. The summed E-state index contributed by atoms with van der Waals surface area (Å²) in [6, 6.07) is -0.285. The van der Waals surface area contributed by atoms with E-state index in [0.717, 1.165) is 11.3 Å². The first-order valence-electron chi connectivity index (χ1n) is 5.94. The normalized spacial score (nSPS) is 12.2. The van der Waals surface area contributed by atoms with Gasteiger partial charge in [-0.1, -0.05) is 0 Å². The maximum absolute atomic E-state index is 11.6. The molecule has 0 radical (unpaired) electrons. The first-order valence-corrected chi connectivity index (χ1v) is 6.76. The van der Waals surface area contributed by atoms with Crippen LogP contribution >= 0.6 is 11.3 Å². The first-order chi connectivity index (χ1) is 8.95. The van der Waals surface area contributed by atoms with E-state index < -0.39 is 5.97 Å². The second-order valence-corrected chi connectivity index (χ2v) is 5.19. The van der Waals surface area contributed by atoms with E-state index >= 15 is 0 Å². The smallest absolute Gasteiger partial charge is 0.347 e. The first kappa shape index (κ1) is 15.6. The van der Waals surface area contributed by atoms with E-state index in [2.05, 4.69) is 10.3 Å². The molecule has 0 aliphatic carbocycles. The molecular formula is C12H18N2O4S. The number of carboxylic acid groups (broad SMARTS) is 1. The fourth-order valence-corrected chi connectivity index (χ4v) is 2.46. The van der Waals surface area contributed by atoms with Crippen LogP contribution in [0.25, 0.3) is 0 Å². The molecular weight excluding hydrogens is 268 g/mol. The summed E-state index contributed by atoms with van der Waals surface area (Å²) in [4.78, 5) is 26.9. The zero-order valence-corrected chi connectivity index (χ0v) is 12.0. The number of ether oxygens (including phenoxy) is 1. The van der Waals surface area contributed by atoms with Gasteiger partial charge >= 0.3 is 5.97 Å². The molecule has 2 N–H and O–H groups in total. The summed E-state index contributed by atoms with van der Waals surface area (Å²) < 4.78 is 4.87. The van der Waals surface area contributed by atoms with Crippen LogP contribution in [-0.2, 0) is 9.53 Å². The van der Waals surface area contributed by atoms with Gasteiger partial charge in [0.25, 0.3) is 0 Å². The van der Waals surface area contributed by atoms with Crippen molar-refractivity contribution >= 4 is 23.2 Å². The highest BCUT2D eigenvalue weighted by molar-refractivity contribution is 7.13. The van der Waals surface area contributed by atoms with Gasteiger partial charge in [0.05, 0.1) is 11.7 Å². The molecule has 1 aromatic heterocycles. The van der Waals surface area contributed by atoms with Crippen molar-refractivity contribution in [3.05, 3.63) is 15.6 Å². The third-order valence-corrected chi connectivity index (χ3v) is 3.84. The Labute approximate surface area is 115 Å². The largest absolute Gasteiger partial charge is 0.477 e. The molecule has 1 rings (SSSR count). The van der Waals surface area contributed by atoms with Crippen LogP contribution in [0.2, 0.25) is 0 Å². The summed E-state index contributed by atoms with van der Waals surface area (Å²) in [5, 5.41) is 12.4. The van der Waals surface area contributed by atoms with E-state index in [0.29, 0.717) is 30.2 Å². The monoisotopic (exact) mass is 286 g/mol. The summed E-state index contributed by atoms with van der Waals surface area (Å²) in [6.45, 7) is 3.98. The Kier molecular flexibility index (Phi) is 5.91. The van der Waals surface area contributed by atoms with Crippen molar-refractivity contribution in [1.29, 1.82) is 0 Å². The minimum atomic E-state index is -0.986. The molecule has 6 nitrogen and oxygen atoms in total. The lowest BCUT2D eigenvalue weighted by Gasteiger charge is -2.10. The highest BCUT2D eigenvalue weighted by Gasteiger charge is 2.18. The van der Waals surface area contributed by atoms with E-state index in [1.165, 1.54) is 0 Å². The molecule has 1 aromatic rings. The van der Waals surface area contributed by atoms with Crippen molar-refractivity contribution in [2.24, 2.45) is 0 Å². The van der Waals surface area contributed by atoms with Gasteiger partial charge in [0.15, 0.2) is 0 Å². The molecule has 0 aromatic carbocycles. The van der Waals surface area contributed by atoms with Crippen LogP contribution in [0.1, 0.15) is 46.2 Å². The Morgan fingerprint density at radius 1 is 1.53 bits per heavy atom. The number of aryl methyl sites for hydroxylation is 1. The Hall–Kier alpha value is -1.47. The molecule has 7 heteroatoms. The topological polar surface area (TPSA) is 88.5 Å².